The highest BCUT2D eigenvalue weighted by Gasteiger charge is 2.54. The lowest BCUT2D eigenvalue weighted by molar-refractivity contribution is -0.166. The summed E-state index contributed by atoms with van der Waals surface area (Å²) in [7, 11) is 0. The van der Waals surface area contributed by atoms with Crippen LogP contribution in [0, 0.1) is 23.2 Å². The van der Waals surface area contributed by atoms with Crippen LogP contribution in [0.5, 0.6) is 5.75 Å². The van der Waals surface area contributed by atoms with Crippen molar-refractivity contribution in [2.24, 2.45) is 23.2 Å². The third-order valence-electron chi connectivity index (χ3n) is 6.37. The first kappa shape index (κ1) is 19.7. The number of phenolic OH excluding ortho intramolecular Hbond substituents is 1. The summed E-state index contributed by atoms with van der Waals surface area (Å²) < 4.78 is 11.9. The van der Waals surface area contributed by atoms with Gasteiger partial charge in [-0.15, -0.1) is 0 Å². The second-order valence-corrected chi connectivity index (χ2v) is 8.41. The largest absolute Gasteiger partial charge is 0.508 e. The van der Waals surface area contributed by atoms with E-state index in [4.69, 9.17) is 9.47 Å². The number of nitrogens with one attached hydrogen (secondary N) is 1. The third-order valence-corrected chi connectivity index (χ3v) is 6.37. The van der Waals surface area contributed by atoms with Gasteiger partial charge in [0.2, 0.25) is 0 Å². The van der Waals surface area contributed by atoms with Crippen LogP contribution in [0.25, 0.3) is 0 Å². The predicted octanol–water partition coefficient (Wildman–Crippen LogP) is 4.43. The summed E-state index contributed by atoms with van der Waals surface area (Å²) >= 11 is 0. The van der Waals surface area contributed by atoms with Gasteiger partial charge in [-0.25, -0.2) is 4.79 Å². The minimum absolute atomic E-state index is 0.0409. The van der Waals surface area contributed by atoms with Crippen LogP contribution >= 0.6 is 0 Å². The molecular weight excluding hydrogens is 342 g/mol. The number of hydrogen-bond acceptors (Lipinski definition) is 4. The van der Waals surface area contributed by atoms with Crippen LogP contribution in [-0.2, 0) is 9.47 Å². The van der Waals surface area contributed by atoms with Crippen LogP contribution in [0.2, 0.25) is 0 Å². The molecule has 1 aromatic carbocycles. The van der Waals surface area contributed by atoms with Crippen LogP contribution in [-0.4, -0.2) is 30.5 Å². The molecule has 1 heterocycles. The minimum Gasteiger partial charge on any atom is -0.508 e. The molecule has 1 saturated heterocycles. The number of amides is 1. The van der Waals surface area contributed by atoms with E-state index >= 15 is 0 Å². The molecule has 0 spiro atoms. The van der Waals surface area contributed by atoms with E-state index in [9.17, 15) is 9.90 Å². The van der Waals surface area contributed by atoms with Crippen LogP contribution < -0.4 is 5.32 Å². The summed E-state index contributed by atoms with van der Waals surface area (Å²) in [6.07, 6.45) is 1.70. The summed E-state index contributed by atoms with van der Waals surface area (Å²) in [5.74, 6) is 0.893. The van der Waals surface area contributed by atoms with Gasteiger partial charge in [-0.05, 0) is 38.7 Å². The normalized spacial score (nSPS) is 32.7. The maximum Gasteiger partial charge on any atom is 0.407 e. The number of para-hydroxylation sites is 1. The van der Waals surface area contributed by atoms with Crippen molar-refractivity contribution in [1.29, 1.82) is 0 Å². The number of carbonyl (C=O) groups excluding carboxylic acids is 1. The average molecular weight is 373 g/mol. The van der Waals surface area contributed by atoms with Gasteiger partial charge in [0.25, 0.3) is 0 Å². The number of aromatic hydroxyl groups is 1. The lowest BCUT2D eigenvalue weighted by Gasteiger charge is -2.55. The van der Waals surface area contributed by atoms with Gasteiger partial charge in [0.1, 0.15) is 12.4 Å². The Hall–Kier alpha value is -2.01. The zero-order chi connectivity index (χ0) is 19.8. The molecule has 5 atom stereocenters. The zero-order valence-electron chi connectivity index (χ0n) is 16.9. The van der Waals surface area contributed by atoms with E-state index in [-0.39, 0.29) is 47.2 Å². The van der Waals surface area contributed by atoms with Gasteiger partial charge in [0.05, 0.1) is 12.7 Å². The monoisotopic (exact) mass is 373 g/mol. The molecule has 2 bridgehead atoms. The second-order valence-electron chi connectivity index (χ2n) is 8.41. The van der Waals surface area contributed by atoms with Gasteiger partial charge in [-0.3, -0.25) is 0 Å². The van der Waals surface area contributed by atoms with Crippen molar-refractivity contribution in [2.45, 2.75) is 46.8 Å². The van der Waals surface area contributed by atoms with Crippen molar-refractivity contribution in [1.82, 2.24) is 5.32 Å². The number of carbonyl (C=O) groups is 1. The quantitative estimate of drug-likeness (QED) is 0.766. The summed E-state index contributed by atoms with van der Waals surface area (Å²) in [6, 6.07) is 7.42. The van der Waals surface area contributed by atoms with Crippen molar-refractivity contribution in [3.63, 3.8) is 0 Å². The third kappa shape index (κ3) is 3.57. The number of ether oxygens (including phenoxy) is 2. The van der Waals surface area contributed by atoms with Gasteiger partial charge in [0, 0.05) is 22.9 Å². The van der Waals surface area contributed by atoms with E-state index in [1.165, 1.54) is 5.57 Å². The standard InChI is InChI=1S/C22H31NO4/c1-13(2)23-21(25)27-12-22-11-26-20(17-8-6-7-9-18(17)24)19(16(22)5)14(3)10-15(22)4/h6-10,13,15-16,19-20,24H,11-12H2,1-5H3,(H,23,25)/t15-,16-,19-,20-,22-/m1/s1. The minimum atomic E-state index is -0.385. The van der Waals surface area contributed by atoms with E-state index < -0.39 is 0 Å². The number of phenols is 1. The molecule has 5 nitrogen and oxygen atoms in total. The Morgan fingerprint density at radius 3 is 2.74 bits per heavy atom. The van der Waals surface area contributed by atoms with Crippen molar-refractivity contribution >= 4 is 6.09 Å². The summed E-state index contributed by atoms with van der Waals surface area (Å²) in [5.41, 5.74) is 1.83. The second kappa shape index (κ2) is 7.55. The van der Waals surface area contributed by atoms with E-state index in [0.717, 1.165) is 5.56 Å². The van der Waals surface area contributed by atoms with Crippen LogP contribution in [0.3, 0.4) is 0 Å². The maximum atomic E-state index is 12.0. The highest BCUT2D eigenvalue weighted by molar-refractivity contribution is 5.67. The Balaban J connectivity index is 1.87. The Morgan fingerprint density at radius 1 is 1.37 bits per heavy atom. The zero-order valence-corrected chi connectivity index (χ0v) is 16.9. The molecule has 0 saturated carbocycles. The molecule has 1 aliphatic carbocycles. The molecule has 1 amide bonds. The highest BCUT2D eigenvalue weighted by atomic mass is 16.6. The summed E-state index contributed by atoms with van der Waals surface area (Å²) in [4.78, 5) is 12.0. The molecule has 2 N–H and O–H groups in total. The van der Waals surface area contributed by atoms with Gasteiger partial charge < -0.3 is 19.9 Å². The molecule has 1 aliphatic heterocycles. The fourth-order valence-electron chi connectivity index (χ4n) is 4.74. The lowest BCUT2D eigenvalue weighted by atomic mass is 9.56. The van der Waals surface area contributed by atoms with Crippen LogP contribution in [0.15, 0.2) is 35.9 Å². The molecule has 148 valence electrons. The number of allylic oxidation sites excluding steroid dienone is 1. The van der Waals surface area contributed by atoms with E-state index in [1.807, 2.05) is 32.0 Å². The van der Waals surface area contributed by atoms with E-state index in [0.29, 0.717) is 13.2 Å². The molecule has 0 radical (unpaired) electrons. The Bertz CT molecular complexity index is 729. The smallest absolute Gasteiger partial charge is 0.407 e. The SMILES string of the molecule is CC1=C[C@@H](C)[C@]2(COC(=O)NC(C)C)CO[C@H](c3ccccc3O)[C@H]1[C@H]2C. The Kier molecular flexibility index (Phi) is 5.52. The van der Waals surface area contributed by atoms with Gasteiger partial charge in [-0.2, -0.15) is 0 Å². The fraction of sp³-hybridized carbons (Fsp3) is 0.591. The number of benzene rings is 1. The number of rotatable bonds is 4. The van der Waals surface area contributed by atoms with Gasteiger partial charge >= 0.3 is 6.09 Å². The molecule has 0 unspecified atom stereocenters. The molecule has 1 fully saturated rings. The molecule has 0 aromatic heterocycles. The first-order valence-corrected chi connectivity index (χ1v) is 9.77. The topological polar surface area (TPSA) is 67.8 Å². The molecule has 1 aromatic rings. The highest BCUT2D eigenvalue weighted by Crippen LogP contribution is 2.57. The van der Waals surface area contributed by atoms with E-state index in [2.05, 4.69) is 32.2 Å². The average Bonchev–Trinajstić information content (AvgIpc) is 2.59. The molecule has 2 aliphatic rings. The maximum absolute atomic E-state index is 12.0. The number of alkyl carbamates (subject to hydrolysis) is 1. The lowest BCUT2D eigenvalue weighted by Crippen LogP contribution is -2.55. The first-order valence-electron chi connectivity index (χ1n) is 9.77. The fourth-order valence-corrected chi connectivity index (χ4v) is 4.74. The van der Waals surface area contributed by atoms with Crippen LogP contribution in [0.4, 0.5) is 4.79 Å². The molecule has 3 rings (SSSR count). The Labute approximate surface area is 161 Å². The molecule has 5 heteroatoms. The van der Waals surface area contributed by atoms with Crippen molar-refractivity contribution in [3.8, 4) is 5.75 Å². The number of fused-ring (bicyclic) bond motifs is 2. The van der Waals surface area contributed by atoms with Crippen molar-refractivity contribution in [3.05, 3.63) is 41.5 Å². The summed E-state index contributed by atoms with van der Waals surface area (Å²) in [5, 5.41) is 13.1. The van der Waals surface area contributed by atoms with Gasteiger partial charge in [0.15, 0.2) is 0 Å². The van der Waals surface area contributed by atoms with E-state index in [1.54, 1.807) is 6.07 Å². The van der Waals surface area contributed by atoms with Crippen molar-refractivity contribution < 1.29 is 19.4 Å². The van der Waals surface area contributed by atoms with Crippen LogP contribution in [0.1, 0.15) is 46.3 Å². The molecular formula is C22H31NO4. The predicted molar refractivity (Wildman–Crippen MR) is 104 cm³/mol. The number of hydrogen-bond donors (Lipinski definition) is 2. The summed E-state index contributed by atoms with van der Waals surface area (Å²) in [6.45, 7) is 11.2. The Morgan fingerprint density at radius 2 is 2.07 bits per heavy atom. The first-order chi connectivity index (χ1) is 12.8. The van der Waals surface area contributed by atoms with Gasteiger partial charge in [-0.1, -0.05) is 43.7 Å². The molecule has 27 heavy (non-hydrogen) atoms. The van der Waals surface area contributed by atoms with Crippen molar-refractivity contribution in [2.75, 3.05) is 13.2 Å².